The highest BCUT2D eigenvalue weighted by molar-refractivity contribution is 5.82. The van der Waals surface area contributed by atoms with Crippen molar-refractivity contribution in [1.29, 1.82) is 0 Å². The first-order valence-electron chi connectivity index (χ1n) is 6.27. The van der Waals surface area contributed by atoms with Gasteiger partial charge in [-0.15, -0.1) is 0 Å². The summed E-state index contributed by atoms with van der Waals surface area (Å²) in [6.07, 6.45) is 1.93. The van der Waals surface area contributed by atoms with Crippen molar-refractivity contribution in [2.75, 3.05) is 20.3 Å². The Balaban J connectivity index is 3.99. The SMILES string of the molecule is CCC(C)CNC(=O)NC(CCCOC)C(=O)O. The number of carboxylic acids is 1. The summed E-state index contributed by atoms with van der Waals surface area (Å²) in [4.78, 5) is 22.4. The van der Waals surface area contributed by atoms with E-state index in [-0.39, 0.29) is 0 Å². The maximum atomic E-state index is 11.5. The first-order valence-corrected chi connectivity index (χ1v) is 6.27. The minimum atomic E-state index is -1.02. The van der Waals surface area contributed by atoms with Crippen molar-refractivity contribution in [2.24, 2.45) is 5.92 Å². The maximum absolute atomic E-state index is 11.5. The summed E-state index contributed by atoms with van der Waals surface area (Å²) >= 11 is 0. The van der Waals surface area contributed by atoms with Crippen LogP contribution in [0.1, 0.15) is 33.1 Å². The topological polar surface area (TPSA) is 87.7 Å². The molecule has 0 radical (unpaired) electrons. The normalized spacial score (nSPS) is 13.7. The van der Waals surface area contributed by atoms with Crippen LogP contribution in [0.15, 0.2) is 0 Å². The smallest absolute Gasteiger partial charge is 0.326 e. The van der Waals surface area contributed by atoms with Crippen molar-refractivity contribution in [2.45, 2.75) is 39.2 Å². The van der Waals surface area contributed by atoms with E-state index in [1.807, 2.05) is 13.8 Å². The Bertz CT molecular complexity index is 258. The summed E-state index contributed by atoms with van der Waals surface area (Å²) in [5.74, 6) is -0.641. The molecule has 0 saturated carbocycles. The van der Waals surface area contributed by atoms with Crippen molar-refractivity contribution in [1.82, 2.24) is 10.6 Å². The van der Waals surface area contributed by atoms with E-state index in [1.165, 1.54) is 0 Å². The zero-order valence-corrected chi connectivity index (χ0v) is 11.4. The second-order valence-corrected chi connectivity index (χ2v) is 4.39. The van der Waals surface area contributed by atoms with Gasteiger partial charge in [-0.3, -0.25) is 0 Å². The van der Waals surface area contributed by atoms with Crippen LogP contribution in [0.4, 0.5) is 4.79 Å². The van der Waals surface area contributed by atoms with Crippen LogP contribution in [-0.4, -0.2) is 43.4 Å². The summed E-state index contributed by atoms with van der Waals surface area (Å²) in [6.45, 7) is 5.09. The van der Waals surface area contributed by atoms with Gasteiger partial charge in [0.2, 0.25) is 0 Å². The molecule has 0 aliphatic carbocycles. The molecule has 0 heterocycles. The molecule has 18 heavy (non-hydrogen) atoms. The summed E-state index contributed by atoms with van der Waals surface area (Å²) in [6, 6.07) is -1.29. The lowest BCUT2D eigenvalue weighted by molar-refractivity contribution is -0.139. The van der Waals surface area contributed by atoms with E-state index in [9.17, 15) is 9.59 Å². The fraction of sp³-hybridized carbons (Fsp3) is 0.833. The van der Waals surface area contributed by atoms with Gasteiger partial charge >= 0.3 is 12.0 Å². The number of aliphatic carboxylic acids is 1. The highest BCUT2D eigenvalue weighted by atomic mass is 16.5. The number of hydrogen-bond donors (Lipinski definition) is 3. The van der Waals surface area contributed by atoms with Gasteiger partial charge < -0.3 is 20.5 Å². The molecule has 0 rings (SSSR count). The van der Waals surface area contributed by atoms with Gasteiger partial charge in [0.1, 0.15) is 6.04 Å². The van der Waals surface area contributed by atoms with Crippen LogP contribution in [0.5, 0.6) is 0 Å². The summed E-state index contributed by atoms with van der Waals surface area (Å²) in [5, 5.41) is 14.1. The number of rotatable bonds is 9. The molecule has 0 aromatic rings. The lowest BCUT2D eigenvalue weighted by Gasteiger charge is -2.16. The van der Waals surface area contributed by atoms with Crippen molar-refractivity contribution in [3.63, 3.8) is 0 Å². The molecule has 0 saturated heterocycles. The minimum Gasteiger partial charge on any atom is -0.480 e. The second-order valence-electron chi connectivity index (χ2n) is 4.39. The van der Waals surface area contributed by atoms with Gasteiger partial charge in [0, 0.05) is 20.3 Å². The number of urea groups is 1. The van der Waals surface area contributed by atoms with E-state index in [0.717, 1.165) is 6.42 Å². The lowest BCUT2D eigenvalue weighted by atomic mass is 10.1. The predicted octanol–water partition coefficient (Wildman–Crippen LogP) is 1.21. The van der Waals surface area contributed by atoms with Gasteiger partial charge in [-0.05, 0) is 18.8 Å². The molecule has 2 amide bonds. The van der Waals surface area contributed by atoms with Crippen LogP contribution in [-0.2, 0) is 9.53 Å². The first-order chi connectivity index (χ1) is 8.51. The van der Waals surface area contributed by atoms with Crippen molar-refractivity contribution in [3.05, 3.63) is 0 Å². The molecule has 0 spiro atoms. The van der Waals surface area contributed by atoms with Gasteiger partial charge in [-0.2, -0.15) is 0 Å². The molecule has 2 unspecified atom stereocenters. The standard InChI is InChI=1S/C12H24N2O4/c1-4-9(2)8-13-12(17)14-10(11(15)16)6-5-7-18-3/h9-10H,4-8H2,1-3H3,(H,15,16)(H2,13,14,17). The largest absolute Gasteiger partial charge is 0.480 e. The number of amides is 2. The Morgan fingerprint density at radius 2 is 2.06 bits per heavy atom. The van der Waals surface area contributed by atoms with Crippen LogP contribution < -0.4 is 10.6 Å². The molecule has 0 aliphatic heterocycles. The fourth-order valence-corrected chi connectivity index (χ4v) is 1.31. The Morgan fingerprint density at radius 3 is 2.56 bits per heavy atom. The number of hydrogen-bond acceptors (Lipinski definition) is 3. The van der Waals surface area contributed by atoms with E-state index >= 15 is 0 Å². The lowest BCUT2D eigenvalue weighted by Crippen LogP contribution is -2.47. The fourth-order valence-electron chi connectivity index (χ4n) is 1.31. The Kier molecular flexibility index (Phi) is 9.00. The number of ether oxygens (including phenoxy) is 1. The highest BCUT2D eigenvalue weighted by Gasteiger charge is 2.19. The molecule has 0 aliphatic rings. The third kappa shape index (κ3) is 7.89. The number of carbonyl (C=O) groups excluding carboxylic acids is 1. The molecule has 6 nitrogen and oxygen atoms in total. The average Bonchev–Trinajstić information content (AvgIpc) is 2.34. The summed E-state index contributed by atoms with van der Waals surface area (Å²) in [7, 11) is 1.56. The van der Waals surface area contributed by atoms with Crippen molar-refractivity contribution < 1.29 is 19.4 Å². The van der Waals surface area contributed by atoms with E-state index in [2.05, 4.69) is 10.6 Å². The van der Waals surface area contributed by atoms with Gasteiger partial charge in [0.05, 0.1) is 0 Å². The van der Waals surface area contributed by atoms with Crippen molar-refractivity contribution >= 4 is 12.0 Å². The Hall–Kier alpha value is -1.30. The Labute approximate surface area is 108 Å². The highest BCUT2D eigenvalue weighted by Crippen LogP contribution is 1.99. The summed E-state index contributed by atoms with van der Waals surface area (Å²) in [5.41, 5.74) is 0. The Morgan fingerprint density at radius 1 is 1.39 bits per heavy atom. The second kappa shape index (κ2) is 9.70. The third-order valence-electron chi connectivity index (χ3n) is 2.75. The predicted molar refractivity (Wildman–Crippen MR) is 68.5 cm³/mol. The zero-order chi connectivity index (χ0) is 14.0. The molecule has 6 heteroatoms. The number of carboxylic acid groups (broad SMARTS) is 1. The third-order valence-corrected chi connectivity index (χ3v) is 2.75. The van der Waals surface area contributed by atoms with Crippen LogP contribution in [0, 0.1) is 5.92 Å². The van der Waals surface area contributed by atoms with E-state index in [4.69, 9.17) is 9.84 Å². The monoisotopic (exact) mass is 260 g/mol. The molecule has 2 atom stereocenters. The van der Waals surface area contributed by atoms with Crippen LogP contribution in [0.3, 0.4) is 0 Å². The zero-order valence-electron chi connectivity index (χ0n) is 11.4. The van der Waals surface area contributed by atoms with Crippen LogP contribution in [0.2, 0.25) is 0 Å². The average molecular weight is 260 g/mol. The molecule has 3 N–H and O–H groups in total. The molecular formula is C12H24N2O4. The molecule has 106 valence electrons. The van der Waals surface area contributed by atoms with E-state index in [1.54, 1.807) is 7.11 Å². The molecule has 0 bridgehead atoms. The van der Waals surface area contributed by atoms with Gasteiger partial charge in [-0.1, -0.05) is 20.3 Å². The first kappa shape index (κ1) is 16.7. The van der Waals surface area contributed by atoms with Gasteiger partial charge in [0.15, 0.2) is 0 Å². The number of methoxy groups -OCH3 is 1. The molecular weight excluding hydrogens is 236 g/mol. The molecule has 0 aromatic heterocycles. The van der Waals surface area contributed by atoms with Gasteiger partial charge in [-0.25, -0.2) is 9.59 Å². The maximum Gasteiger partial charge on any atom is 0.326 e. The van der Waals surface area contributed by atoms with Crippen LogP contribution >= 0.6 is 0 Å². The molecule has 0 aromatic carbocycles. The number of carbonyl (C=O) groups is 2. The minimum absolute atomic E-state index is 0.361. The quantitative estimate of drug-likeness (QED) is 0.544. The van der Waals surface area contributed by atoms with E-state index in [0.29, 0.717) is 31.9 Å². The number of nitrogens with one attached hydrogen (secondary N) is 2. The van der Waals surface area contributed by atoms with E-state index < -0.39 is 18.0 Å². The van der Waals surface area contributed by atoms with Crippen molar-refractivity contribution in [3.8, 4) is 0 Å². The summed E-state index contributed by atoms with van der Waals surface area (Å²) < 4.78 is 4.85. The molecule has 0 fully saturated rings. The van der Waals surface area contributed by atoms with Crippen LogP contribution in [0.25, 0.3) is 0 Å². The van der Waals surface area contributed by atoms with Gasteiger partial charge in [0.25, 0.3) is 0 Å².